The van der Waals surface area contributed by atoms with Gasteiger partial charge in [-0.05, 0) is 19.9 Å². The molecule has 0 unspecified atom stereocenters. The molecule has 0 aliphatic heterocycles. The van der Waals surface area contributed by atoms with Gasteiger partial charge in [0.05, 0.1) is 17.1 Å². The summed E-state index contributed by atoms with van der Waals surface area (Å²) in [6.45, 7) is 3.77. The molecule has 0 saturated carbocycles. The van der Waals surface area contributed by atoms with E-state index in [9.17, 15) is 4.79 Å². The van der Waals surface area contributed by atoms with Gasteiger partial charge < -0.3 is 8.98 Å². The highest BCUT2D eigenvalue weighted by Gasteiger charge is 2.21. The van der Waals surface area contributed by atoms with Crippen molar-refractivity contribution < 1.29 is 9.21 Å². The van der Waals surface area contributed by atoms with Gasteiger partial charge in [-0.25, -0.2) is 0 Å². The van der Waals surface area contributed by atoms with E-state index >= 15 is 0 Å². The molecule has 23 heavy (non-hydrogen) atoms. The lowest BCUT2D eigenvalue weighted by atomic mass is 10.1. The molecule has 0 spiro atoms. The van der Waals surface area contributed by atoms with Crippen molar-refractivity contribution in [3.05, 3.63) is 54.0 Å². The van der Waals surface area contributed by atoms with Crippen molar-refractivity contribution in [1.29, 1.82) is 0 Å². The maximum Gasteiger partial charge on any atom is 0.191 e. The van der Waals surface area contributed by atoms with E-state index in [4.69, 9.17) is 4.42 Å². The zero-order valence-electron chi connectivity index (χ0n) is 13.2. The lowest BCUT2D eigenvalue weighted by molar-refractivity contribution is 0.0994. The molecule has 0 aliphatic carbocycles. The molecule has 0 bridgehead atoms. The molecule has 0 fully saturated rings. The van der Waals surface area contributed by atoms with Crippen LogP contribution in [0.2, 0.25) is 0 Å². The van der Waals surface area contributed by atoms with E-state index in [0.717, 1.165) is 17.1 Å². The Labute approximate surface area is 138 Å². The first-order chi connectivity index (χ1) is 11.1. The van der Waals surface area contributed by atoms with Crippen LogP contribution in [-0.2, 0) is 7.05 Å². The van der Waals surface area contributed by atoms with Gasteiger partial charge >= 0.3 is 0 Å². The molecule has 2 aromatic heterocycles. The normalized spacial score (nSPS) is 12.3. The van der Waals surface area contributed by atoms with Crippen LogP contribution in [0.5, 0.6) is 0 Å². The largest absolute Gasteiger partial charge is 0.469 e. The van der Waals surface area contributed by atoms with Gasteiger partial charge in [-0.2, -0.15) is 0 Å². The minimum absolute atomic E-state index is 0.0830. The van der Waals surface area contributed by atoms with Crippen LogP contribution in [0.3, 0.4) is 0 Å². The lowest BCUT2D eigenvalue weighted by Crippen LogP contribution is -2.14. The van der Waals surface area contributed by atoms with E-state index in [0.29, 0.717) is 10.7 Å². The summed E-state index contributed by atoms with van der Waals surface area (Å²) in [6.07, 6.45) is 1.63. The first-order valence-corrected chi connectivity index (χ1v) is 8.15. The molecule has 5 nitrogen and oxygen atoms in total. The summed E-state index contributed by atoms with van der Waals surface area (Å²) in [7, 11) is 1.89. The molecule has 3 rings (SSSR count). The maximum atomic E-state index is 12.5. The van der Waals surface area contributed by atoms with Crippen molar-refractivity contribution in [1.82, 2.24) is 14.8 Å². The molecule has 1 aromatic carbocycles. The number of aromatic nitrogens is 3. The first-order valence-electron chi connectivity index (χ1n) is 7.27. The highest BCUT2D eigenvalue weighted by atomic mass is 32.2. The number of Topliss-reactive ketones (excluding diaryl/α,β-unsaturated/α-hetero) is 1. The quantitative estimate of drug-likeness (QED) is 0.527. The topological polar surface area (TPSA) is 60.9 Å². The van der Waals surface area contributed by atoms with Crippen molar-refractivity contribution in [2.45, 2.75) is 24.3 Å². The second kappa shape index (κ2) is 6.42. The molecule has 1 atom stereocenters. The summed E-state index contributed by atoms with van der Waals surface area (Å²) in [4.78, 5) is 12.5. The molecule has 118 valence electrons. The summed E-state index contributed by atoms with van der Waals surface area (Å²) in [5.74, 6) is 1.61. The molecule has 0 amide bonds. The molecule has 0 saturated heterocycles. The Balaban J connectivity index is 1.80. The third-order valence-corrected chi connectivity index (χ3v) is 4.78. The van der Waals surface area contributed by atoms with Crippen molar-refractivity contribution in [2.75, 3.05) is 0 Å². The molecular weight excluding hydrogens is 310 g/mol. The van der Waals surface area contributed by atoms with Crippen LogP contribution in [-0.4, -0.2) is 25.8 Å². The number of aryl methyl sites for hydroxylation is 1. The molecule has 3 aromatic rings. The number of rotatable bonds is 5. The SMILES string of the molecule is Cc1occc1-c1nnc(S[C@H](C)C(=O)c2ccccc2)n1C. The van der Waals surface area contributed by atoms with Crippen LogP contribution in [0, 0.1) is 6.92 Å². The van der Waals surface area contributed by atoms with Crippen molar-refractivity contribution in [3.63, 3.8) is 0 Å². The Bertz CT molecular complexity index is 823. The number of carbonyl (C=O) groups is 1. The van der Waals surface area contributed by atoms with Gasteiger partial charge in [0.1, 0.15) is 5.76 Å². The summed E-state index contributed by atoms with van der Waals surface area (Å²) in [6, 6.07) is 11.2. The number of benzene rings is 1. The molecule has 0 N–H and O–H groups in total. The first kappa shape index (κ1) is 15.6. The van der Waals surface area contributed by atoms with Gasteiger partial charge in [0.25, 0.3) is 0 Å². The number of carbonyl (C=O) groups excluding carboxylic acids is 1. The van der Waals surface area contributed by atoms with Gasteiger partial charge in [-0.3, -0.25) is 4.79 Å². The number of thioether (sulfide) groups is 1. The Kier molecular flexibility index (Phi) is 4.34. The highest BCUT2D eigenvalue weighted by Crippen LogP contribution is 2.28. The van der Waals surface area contributed by atoms with Gasteiger partial charge in [0.2, 0.25) is 0 Å². The third-order valence-electron chi connectivity index (χ3n) is 3.64. The summed E-state index contributed by atoms with van der Waals surface area (Å²) in [5, 5.41) is 8.90. The minimum Gasteiger partial charge on any atom is -0.469 e. The zero-order chi connectivity index (χ0) is 16.4. The lowest BCUT2D eigenvalue weighted by Gasteiger charge is -2.10. The van der Waals surface area contributed by atoms with Crippen LogP contribution in [0.4, 0.5) is 0 Å². The fraction of sp³-hybridized carbons (Fsp3) is 0.235. The average Bonchev–Trinajstić information content (AvgIpc) is 3.14. The number of hydrogen-bond acceptors (Lipinski definition) is 5. The van der Waals surface area contributed by atoms with E-state index in [1.807, 2.05) is 61.9 Å². The van der Waals surface area contributed by atoms with Crippen molar-refractivity contribution in [3.8, 4) is 11.4 Å². The fourth-order valence-corrected chi connectivity index (χ4v) is 3.21. The average molecular weight is 327 g/mol. The Morgan fingerprint density at radius 1 is 1.22 bits per heavy atom. The monoisotopic (exact) mass is 327 g/mol. The van der Waals surface area contributed by atoms with Crippen LogP contribution >= 0.6 is 11.8 Å². The van der Waals surface area contributed by atoms with E-state index in [1.54, 1.807) is 6.26 Å². The summed E-state index contributed by atoms with van der Waals surface area (Å²) < 4.78 is 7.20. The predicted molar refractivity (Wildman–Crippen MR) is 89.5 cm³/mol. The van der Waals surface area contributed by atoms with E-state index in [-0.39, 0.29) is 11.0 Å². The second-order valence-electron chi connectivity index (χ2n) is 5.25. The van der Waals surface area contributed by atoms with Crippen molar-refractivity contribution in [2.24, 2.45) is 7.05 Å². The van der Waals surface area contributed by atoms with Gasteiger partial charge in [-0.1, -0.05) is 42.1 Å². The number of hydrogen-bond donors (Lipinski definition) is 0. The summed E-state index contributed by atoms with van der Waals surface area (Å²) >= 11 is 1.41. The number of furan rings is 1. The van der Waals surface area contributed by atoms with Crippen molar-refractivity contribution >= 4 is 17.5 Å². The molecule has 0 radical (unpaired) electrons. The van der Waals surface area contributed by atoms with Gasteiger partial charge in [-0.15, -0.1) is 10.2 Å². The van der Waals surface area contributed by atoms with Crippen LogP contribution in [0.1, 0.15) is 23.0 Å². The van der Waals surface area contributed by atoms with Crippen LogP contribution in [0.15, 0.2) is 52.2 Å². The van der Waals surface area contributed by atoms with Gasteiger partial charge in [0, 0.05) is 12.6 Å². The maximum absolute atomic E-state index is 12.5. The number of ketones is 1. The second-order valence-corrected chi connectivity index (χ2v) is 6.55. The van der Waals surface area contributed by atoms with E-state index in [2.05, 4.69) is 10.2 Å². The summed E-state index contributed by atoms with van der Waals surface area (Å²) in [5.41, 5.74) is 1.62. The van der Waals surface area contributed by atoms with E-state index in [1.165, 1.54) is 11.8 Å². The van der Waals surface area contributed by atoms with Gasteiger partial charge in [0.15, 0.2) is 16.8 Å². The Hall–Kier alpha value is -2.34. The Morgan fingerprint density at radius 3 is 2.61 bits per heavy atom. The minimum atomic E-state index is -0.237. The molecule has 6 heteroatoms. The van der Waals surface area contributed by atoms with Crippen LogP contribution < -0.4 is 0 Å². The smallest absolute Gasteiger partial charge is 0.191 e. The molecular formula is C17H17N3O2S. The predicted octanol–water partition coefficient (Wildman–Crippen LogP) is 3.75. The number of nitrogens with zero attached hydrogens (tertiary/aromatic N) is 3. The standard InChI is InChI=1S/C17H17N3O2S/c1-11-14(9-10-22-11)16-18-19-17(20(16)3)23-12(2)15(21)13-7-5-4-6-8-13/h4-10,12H,1-3H3/t12-/m1/s1. The fourth-order valence-electron chi connectivity index (χ4n) is 2.32. The zero-order valence-corrected chi connectivity index (χ0v) is 14.0. The molecule has 2 heterocycles. The van der Waals surface area contributed by atoms with E-state index < -0.39 is 0 Å². The highest BCUT2D eigenvalue weighted by molar-refractivity contribution is 8.00. The molecule has 0 aliphatic rings. The van der Waals surface area contributed by atoms with Crippen LogP contribution in [0.25, 0.3) is 11.4 Å². The third kappa shape index (κ3) is 3.07. The Morgan fingerprint density at radius 2 is 1.96 bits per heavy atom.